The van der Waals surface area contributed by atoms with E-state index in [1.165, 1.54) is 13.8 Å². The first-order chi connectivity index (χ1) is 8.47. The molecule has 6 nitrogen and oxygen atoms in total. The maximum absolute atomic E-state index is 11.7. The zero-order chi connectivity index (χ0) is 13.7. The van der Waals surface area contributed by atoms with Crippen molar-refractivity contribution in [3.05, 3.63) is 0 Å². The van der Waals surface area contributed by atoms with Crippen molar-refractivity contribution in [1.29, 1.82) is 0 Å². The largest absolute Gasteiger partial charge is 0.464 e. The molecular weight excluding hydrogens is 236 g/mol. The average Bonchev–Trinajstić information content (AvgIpc) is 2.29. The molecular formula is C12H20N2O4. The van der Waals surface area contributed by atoms with Gasteiger partial charge in [-0.15, -0.1) is 0 Å². The summed E-state index contributed by atoms with van der Waals surface area (Å²) in [6.45, 7) is 6.99. The van der Waals surface area contributed by atoms with Gasteiger partial charge in [0.1, 0.15) is 0 Å². The van der Waals surface area contributed by atoms with Gasteiger partial charge in [0, 0.05) is 33.1 Å². The molecule has 0 bridgehead atoms. The molecule has 6 heteroatoms. The van der Waals surface area contributed by atoms with Gasteiger partial charge in [-0.3, -0.25) is 14.5 Å². The van der Waals surface area contributed by atoms with Crippen LogP contribution < -0.4 is 0 Å². The number of carbonyl (C=O) groups is 3. The van der Waals surface area contributed by atoms with Gasteiger partial charge in [-0.25, -0.2) is 4.79 Å². The molecule has 0 radical (unpaired) electrons. The first kappa shape index (κ1) is 14.6. The molecule has 1 saturated heterocycles. The summed E-state index contributed by atoms with van der Waals surface area (Å²) in [5.41, 5.74) is 0. The van der Waals surface area contributed by atoms with Gasteiger partial charge in [-0.05, 0) is 13.8 Å². The van der Waals surface area contributed by atoms with Crippen LogP contribution in [0.5, 0.6) is 0 Å². The minimum Gasteiger partial charge on any atom is -0.464 e. The van der Waals surface area contributed by atoms with Gasteiger partial charge < -0.3 is 9.64 Å². The maximum Gasteiger partial charge on any atom is 0.331 e. The number of esters is 1. The van der Waals surface area contributed by atoms with Crippen molar-refractivity contribution in [2.45, 2.75) is 26.8 Å². The zero-order valence-electron chi connectivity index (χ0n) is 11.1. The van der Waals surface area contributed by atoms with Crippen LogP contribution in [-0.2, 0) is 19.1 Å². The highest BCUT2D eigenvalue weighted by Gasteiger charge is 2.33. The lowest BCUT2D eigenvalue weighted by molar-refractivity contribution is -0.153. The Balaban J connectivity index is 2.64. The fraction of sp³-hybridized carbons (Fsp3) is 0.750. The van der Waals surface area contributed by atoms with E-state index in [9.17, 15) is 14.4 Å². The molecule has 1 unspecified atom stereocenters. The van der Waals surface area contributed by atoms with Crippen molar-refractivity contribution in [2.24, 2.45) is 0 Å². The summed E-state index contributed by atoms with van der Waals surface area (Å²) in [7, 11) is 0. The number of hydrogen-bond donors (Lipinski definition) is 0. The molecule has 0 aliphatic carbocycles. The fourth-order valence-electron chi connectivity index (χ4n) is 2.09. The smallest absolute Gasteiger partial charge is 0.331 e. The Morgan fingerprint density at radius 3 is 2.06 bits per heavy atom. The number of nitrogens with zero attached hydrogens (tertiary/aromatic N) is 2. The van der Waals surface area contributed by atoms with E-state index >= 15 is 0 Å². The van der Waals surface area contributed by atoms with Crippen LogP contribution in [0.4, 0.5) is 0 Å². The van der Waals surface area contributed by atoms with Crippen LogP contribution in [0.1, 0.15) is 20.8 Å². The van der Waals surface area contributed by atoms with Crippen molar-refractivity contribution in [3.63, 3.8) is 0 Å². The Morgan fingerprint density at radius 1 is 1.11 bits per heavy atom. The Bertz CT molecular complexity index is 335. The Labute approximate surface area is 107 Å². The first-order valence-electron chi connectivity index (χ1n) is 6.14. The Hall–Kier alpha value is -1.43. The molecule has 102 valence electrons. The highest BCUT2D eigenvalue weighted by atomic mass is 16.5. The molecule has 1 atom stereocenters. The van der Waals surface area contributed by atoms with E-state index < -0.39 is 12.0 Å². The van der Waals surface area contributed by atoms with Crippen LogP contribution in [0.15, 0.2) is 0 Å². The van der Waals surface area contributed by atoms with Crippen molar-refractivity contribution in [1.82, 2.24) is 9.80 Å². The molecule has 1 aliphatic rings. The number of carbonyl (C=O) groups excluding carboxylic acids is 3. The van der Waals surface area contributed by atoms with Gasteiger partial charge in [0.2, 0.25) is 5.91 Å². The number of ether oxygens (including phenoxy) is 1. The van der Waals surface area contributed by atoms with Crippen molar-refractivity contribution < 1.29 is 19.1 Å². The summed E-state index contributed by atoms with van der Waals surface area (Å²) in [4.78, 5) is 38.0. The molecule has 0 N–H and O–H groups in total. The first-order valence-corrected chi connectivity index (χ1v) is 6.14. The van der Waals surface area contributed by atoms with E-state index in [-0.39, 0.29) is 18.3 Å². The molecule has 18 heavy (non-hydrogen) atoms. The van der Waals surface area contributed by atoms with Crippen molar-refractivity contribution in [3.8, 4) is 0 Å². The third kappa shape index (κ3) is 3.53. The van der Waals surface area contributed by atoms with E-state index in [1.807, 2.05) is 0 Å². The monoisotopic (exact) mass is 256 g/mol. The number of Topliss-reactive ketones (excluding diaryl/α,β-unsaturated/α-hetero) is 1. The second kappa shape index (κ2) is 6.49. The van der Waals surface area contributed by atoms with Crippen LogP contribution >= 0.6 is 0 Å². The predicted octanol–water partition coefficient (Wildman–Crippen LogP) is -0.329. The van der Waals surface area contributed by atoms with Crippen molar-refractivity contribution >= 4 is 17.7 Å². The second-order valence-electron chi connectivity index (χ2n) is 4.31. The van der Waals surface area contributed by atoms with Crippen LogP contribution in [0.25, 0.3) is 0 Å². The SMILES string of the molecule is CCOC(=O)C(C(C)=O)N1CCN(C(C)=O)CC1. The summed E-state index contributed by atoms with van der Waals surface area (Å²) in [5, 5.41) is 0. The zero-order valence-corrected chi connectivity index (χ0v) is 11.1. The summed E-state index contributed by atoms with van der Waals surface area (Å²) in [5.74, 6) is -0.698. The summed E-state index contributed by atoms with van der Waals surface area (Å²) in [6.07, 6.45) is 0. The number of hydrogen-bond acceptors (Lipinski definition) is 5. The maximum atomic E-state index is 11.7. The number of ketones is 1. The molecule has 1 rings (SSSR count). The number of amides is 1. The summed E-state index contributed by atoms with van der Waals surface area (Å²) < 4.78 is 4.91. The third-order valence-electron chi connectivity index (χ3n) is 3.02. The number of piperazine rings is 1. The average molecular weight is 256 g/mol. The topological polar surface area (TPSA) is 66.9 Å². The predicted molar refractivity (Wildman–Crippen MR) is 64.9 cm³/mol. The van der Waals surface area contributed by atoms with E-state index in [2.05, 4.69) is 0 Å². The Kier molecular flexibility index (Phi) is 5.27. The van der Waals surface area contributed by atoms with E-state index in [0.717, 1.165) is 0 Å². The quantitative estimate of drug-likeness (QED) is 0.509. The van der Waals surface area contributed by atoms with Crippen LogP contribution in [0.2, 0.25) is 0 Å². The Morgan fingerprint density at radius 2 is 1.67 bits per heavy atom. The summed E-state index contributed by atoms with van der Waals surface area (Å²) >= 11 is 0. The highest BCUT2D eigenvalue weighted by molar-refractivity contribution is 6.01. The molecule has 0 spiro atoms. The molecule has 1 heterocycles. The second-order valence-corrected chi connectivity index (χ2v) is 4.31. The molecule has 1 fully saturated rings. The van der Waals surface area contributed by atoms with Crippen LogP contribution in [-0.4, -0.2) is 66.3 Å². The van der Waals surface area contributed by atoms with Crippen LogP contribution in [0, 0.1) is 0 Å². The lowest BCUT2D eigenvalue weighted by atomic mass is 10.1. The van der Waals surface area contributed by atoms with Crippen molar-refractivity contribution in [2.75, 3.05) is 32.8 Å². The normalized spacial score (nSPS) is 18.3. The third-order valence-corrected chi connectivity index (χ3v) is 3.02. The molecule has 1 amide bonds. The lowest BCUT2D eigenvalue weighted by Gasteiger charge is -2.36. The molecule has 1 aliphatic heterocycles. The van der Waals surface area contributed by atoms with E-state index in [0.29, 0.717) is 26.2 Å². The van der Waals surface area contributed by atoms with Gasteiger partial charge in [-0.2, -0.15) is 0 Å². The molecule has 0 aromatic carbocycles. The lowest BCUT2D eigenvalue weighted by Crippen LogP contribution is -2.56. The number of rotatable bonds is 4. The molecule has 0 aromatic rings. The van der Waals surface area contributed by atoms with Gasteiger partial charge in [0.25, 0.3) is 0 Å². The molecule has 0 aromatic heterocycles. The van der Waals surface area contributed by atoms with Gasteiger partial charge in [-0.1, -0.05) is 0 Å². The van der Waals surface area contributed by atoms with E-state index in [1.54, 1.807) is 16.7 Å². The fourth-order valence-corrected chi connectivity index (χ4v) is 2.09. The summed E-state index contributed by atoms with van der Waals surface area (Å²) in [6, 6.07) is -0.834. The van der Waals surface area contributed by atoms with Gasteiger partial charge >= 0.3 is 5.97 Å². The highest BCUT2D eigenvalue weighted by Crippen LogP contribution is 2.09. The minimum absolute atomic E-state index is 0.0187. The van der Waals surface area contributed by atoms with Gasteiger partial charge in [0.15, 0.2) is 11.8 Å². The molecule has 0 saturated carbocycles. The van der Waals surface area contributed by atoms with Gasteiger partial charge in [0.05, 0.1) is 6.61 Å². The van der Waals surface area contributed by atoms with Crippen LogP contribution in [0.3, 0.4) is 0 Å². The minimum atomic E-state index is -0.834. The standard InChI is InChI=1S/C12H20N2O4/c1-4-18-12(17)11(9(2)15)14-7-5-13(6-8-14)10(3)16/h11H,4-8H2,1-3H3. The van der Waals surface area contributed by atoms with E-state index in [4.69, 9.17) is 4.74 Å².